The van der Waals surface area contributed by atoms with Crippen LogP contribution in [0.15, 0.2) is 35.4 Å². The highest BCUT2D eigenvalue weighted by Gasteiger charge is 2.30. The molecule has 1 aromatic carbocycles. The fraction of sp³-hybridized carbons (Fsp3) is 0.455. The zero-order valence-corrected chi connectivity index (χ0v) is 19.1. The van der Waals surface area contributed by atoms with Gasteiger partial charge in [-0.3, -0.25) is 18.8 Å². The molecule has 1 aliphatic rings. The summed E-state index contributed by atoms with van der Waals surface area (Å²) in [5, 5.41) is 9.86. The average Bonchev–Trinajstić information content (AvgIpc) is 3.12. The normalized spacial score (nSPS) is 18.5. The van der Waals surface area contributed by atoms with Crippen molar-refractivity contribution in [1.29, 1.82) is 0 Å². The van der Waals surface area contributed by atoms with Gasteiger partial charge in [0.05, 0.1) is 18.0 Å². The molecule has 2 aromatic heterocycles. The molecular weight excluding hydrogens is 491 g/mol. The van der Waals surface area contributed by atoms with E-state index in [9.17, 15) is 31.5 Å². The maximum atomic E-state index is 13.0. The molecule has 0 bridgehead atoms. The van der Waals surface area contributed by atoms with Gasteiger partial charge in [0.1, 0.15) is 12.1 Å². The number of benzene rings is 1. The van der Waals surface area contributed by atoms with E-state index in [1.807, 2.05) is 0 Å². The lowest BCUT2D eigenvalue weighted by atomic mass is 9.93. The molecule has 1 amide bonds. The van der Waals surface area contributed by atoms with E-state index in [1.54, 1.807) is 0 Å². The van der Waals surface area contributed by atoms with Crippen LogP contribution in [0.4, 0.5) is 33.5 Å². The van der Waals surface area contributed by atoms with Crippen LogP contribution in [-0.2, 0) is 29.3 Å². The second kappa shape index (κ2) is 10.2. The van der Waals surface area contributed by atoms with Crippen molar-refractivity contribution in [2.24, 2.45) is 7.05 Å². The minimum Gasteiger partial charge on any atom is -0.352 e. The van der Waals surface area contributed by atoms with E-state index in [1.165, 1.54) is 30.2 Å². The number of fused-ring (bicyclic) bond motifs is 1. The van der Waals surface area contributed by atoms with Crippen molar-refractivity contribution in [2.75, 3.05) is 5.32 Å². The van der Waals surface area contributed by atoms with Gasteiger partial charge < -0.3 is 15.4 Å². The van der Waals surface area contributed by atoms with E-state index in [0.717, 1.165) is 16.7 Å². The lowest BCUT2D eigenvalue weighted by Crippen LogP contribution is -2.42. The van der Waals surface area contributed by atoms with Crippen LogP contribution in [0.2, 0.25) is 0 Å². The first-order valence-corrected chi connectivity index (χ1v) is 11.1. The van der Waals surface area contributed by atoms with Gasteiger partial charge in [0.25, 0.3) is 5.56 Å². The molecule has 14 heteroatoms. The fourth-order valence-electron chi connectivity index (χ4n) is 4.18. The third-order valence-electron chi connectivity index (χ3n) is 5.94. The molecule has 2 heterocycles. The van der Waals surface area contributed by atoms with Crippen LogP contribution in [0.3, 0.4) is 0 Å². The predicted octanol–water partition coefficient (Wildman–Crippen LogP) is 3.56. The van der Waals surface area contributed by atoms with Crippen molar-refractivity contribution in [3.05, 3.63) is 46.5 Å². The summed E-state index contributed by atoms with van der Waals surface area (Å²) >= 11 is 0. The second-order valence-electron chi connectivity index (χ2n) is 8.49. The van der Waals surface area contributed by atoms with Crippen molar-refractivity contribution in [3.63, 3.8) is 0 Å². The summed E-state index contributed by atoms with van der Waals surface area (Å²) < 4.78 is 69.9. The number of halogens is 5. The zero-order valence-electron chi connectivity index (χ0n) is 19.1. The van der Waals surface area contributed by atoms with E-state index in [-0.39, 0.29) is 29.4 Å². The number of aryl methyl sites for hydroxylation is 1. The van der Waals surface area contributed by atoms with Gasteiger partial charge in [0.2, 0.25) is 5.91 Å². The van der Waals surface area contributed by atoms with E-state index < -0.39 is 35.9 Å². The molecule has 1 aliphatic carbocycles. The Bertz CT molecular complexity index is 1280. The van der Waals surface area contributed by atoms with Gasteiger partial charge in [-0.2, -0.15) is 27.1 Å². The number of rotatable bonds is 7. The Morgan fingerprint density at radius 2 is 1.83 bits per heavy atom. The summed E-state index contributed by atoms with van der Waals surface area (Å²) in [5.41, 5.74) is -0.713. The van der Waals surface area contributed by atoms with Gasteiger partial charge in [0.15, 0.2) is 11.3 Å². The minimum absolute atomic E-state index is 0.101. The molecular formula is C22H23F5N6O3. The number of ether oxygens (including phenoxy) is 1. The Labute approximate surface area is 201 Å². The number of aromatic nitrogens is 4. The van der Waals surface area contributed by atoms with Crippen molar-refractivity contribution in [2.45, 2.75) is 57.2 Å². The Morgan fingerprint density at radius 3 is 2.44 bits per heavy atom. The molecule has 3 aromatic rings. The molecule has 9 nitrogen and oxygen atoms in total. The molecule has 0 spiro atoms. The lowest BCUT2D eigenvalue weighted by Gasteiger charge is -2.28. The summed E-state index contributed by atoms with van der Waals surface area (Å²) in [5.74, 6) is -0.259. The third-order valence-corrected chi connectivity index (χ3v) is 5.94. The van der Waals surface area contributed by atoms with Crippen LogP contribution in [0, 0.1) is 0 Å². The molecule has 4 rings (SSSR count). The molecule has 1 fully saturated rings. The largest absolute Gasteiger partial charge is 0.416 e. The van der Waals surface area contributed by atoms with E-state index in [0.29, 0.717) is 31.4 Å². The Hall–Kier alpha value is -3.55. The van der Waals surface area contributed by atoms with Gasteiger partial charge >= 0.3 is 12.8 Å². The Morgan fingerprint density at radius 1 is 1.17 bits per heavy atom. The van der Waals surface area contributed by atoms with Crippen molar-refractivity contribution in [3.8, 4) is 0 Å². The highest BCUT2D eigenvalue weighted by Crippen LogP contribution is 2.31. The molecule has 1 saturated carbocycles. The molecule has 0 atom stereocenters. The van der Waals surface area contributed by atoms with Crippen LogP contribution < -0.4 is 16.2 Å². The molecule has 36 heavy (non-hydrogen) atoms. The van der Waals surface area contributed by atoms with E-state index >= 15 is 0 Å². The molecule has 194 valence electrons. The number of hydrogen-bond donors (Lipinski definition) is 2. The molecule has 0 radical (unpaired) electrons. The number of amides is 1. The Balaban J connectivity index is 1.43. The number of alkyl halides is 5. The van der Waals surface area contributed by atoms with Crippen LogP contribution in [0.25, 0.3) is 11.0 Å². The number of nitrogens with one attached hydrogen (secondary N) is 2. The highest BCUT2D eigenvalue weighted by molar-refractivity contribution is 5.87. The average molecular weight is 514 g/mol. The third kappa shape index (κ3) is 5.80. The number of nitrogens with zero attached hydrogens (tertiary/aromatic N) is 4. The summed E-state index contributed by atoms with van der Waals surface area (Å²) in [4.78, 5) is 29.7. The highest BCUT2D eigenvalue weighted by atomic mass is 19.4. The summed E-state index contributed by atoms with van der Waals surface area (Å²) in [6, 6.07) is 4.11. The van der Waals surface area contributed by atoms with Gasteiger partial charge in [-0.05, 0) is 49.9 Å². The van der Waals surface area contributed by atoms with Crippen molar-refractivity contribution < 1.29 is 31.5 Å². The van der Waals surface area contributed by atoms with Crippen LogP contribution in [0.1, 0.15) is 31.2 Å². The molecule has 0 unspecified atom stereocenters. The van der Waals surface area contributed by atoms with Crippen molar-refractivity contribution in [1.82, 2.24) is 24.6 Å². The molecule has 0 aliphatic heterocycles. The van der Waals surface area contributed by atoms with Gasteiger partial charge in [-0.1, -0.05) is 0 Å². The fourth-order valence-corrected chi connectivity index (χ4v) is 4.18. The summed E-state index contributed by atoms with van der Waals surface area (Å²) in [7, 11) is 1.51. The second-order valence-corrected chi connectivity index (χ2v) is 8.49. The topological polar surface area (TPSA) is 103 Å². The van der Waals surface area contributed by atoms with E-state index in [2.05, 4.69) is 25.5 Å². The standard InChI is InChI=1S/C22H23F5N6O3/c1-32-18-17(19(31-32)30-14-4-2-12(3-5-14)22(25,26)27)28-11-33(20(18)35)10-16(34)29-13-6-8-15(9-7-13)36-21(23)24/h2-5,11,13,15,21H,6-10H2,1H3,(H,29,34)(H,30,31)/t13-,15+. The number of hydrogen-bond acceptors (Lipinski definition) is 6. The maximum absolute atomic E-state index is 13.0. The van der Waals surface area contributed by atoms with Gasteiger partial charge in [0, 0.05) is 18.8 Å². The number of carbonyl (C=O) groups is 1. The monoisotopic (exact) mass is 514 g/mol. The van der Waals surface area contributed by atoms with Gasteiger partial charge in [-0.25, -0.2) is 4.98 Å². The first-order chi connectivity index (χ1) is 17.0. The summed E-state index contributed by atoms with van der Waals surface area (Å²) in [6.45, 7) is -3.13. The number of anilines is 2. The maximum Gasteiger partial charge on any atom is 0.416 e. The lowest BCUT2D eigenvalue weighted by molar-refractivity contribution is -0.170. The SMILES string of the molecule is Cn1nc(Nc2ccc(C(F)(F)F)cc2)c2ncn(CC(=O)N[C@H]3CC[C@@H](OC(F)F)CC3)c(=O)c21. The number of carbonyl (C=O) groups excluding carboxylic acids is 1. The summed E-state index contributed by atoms with van der Waals surface area (Å²) in [6.07, 6.45) is -2.05. The van der Waals surface area contributed by atoms with E-state index in [4.69, 9.17) is 0 Å². The van der Waals surface area contributed by atoms with Crippen molar-refractivity contribution >= 4 is 28.4 Å². The predicted molar refractivity (Wildman–Crippen MR) is 119 cm³/mol. The molecule has 0 saturated heterocycles. The van der Waals surface area contributed by atoms with Gasteiger partial charge in [-0.15, -0.1) is 0 Å². The zero-order chi connectivity index (χ0) is 26.0. The smallest absolute Gasteiger partial charge is 0.352 e. The molecule has 2 N–H and O–H groups in total. The van der Waals surface area contributed by atoms with Crippen LogP contribution >= 0.6 is 0 Å². The Kier molecular flexibility index (Phi) is 7.24. The first kappa shape index (κ1) is 25.5. The van der Waals surface area contributed by atoms with Crippen LogP contribution in [0.5, 0.6) is 0 Å². The first-order valence-electron chi connectivity index (χ1n) is 11.1. The van der Waals surface area contributed by atoms with Crippen LogP contribution in [-0.4, -0.2) is 44.0 Å². The minimum atomic E-state index is -4.46. The quantitative estimate of drug-likeness (QED) is 0.468.